The van der Waals surface area contributed by atoms with Crippen LogP contribution >= 0.6 is 15.9 Å². The molecule has 3 rings (SSSR count). The van der Waals surface area contributed by atoms with Crippen LogP contribution in [0, 0.1) is 0 Å². The van der Waals surface area contributed by atoms with E-state index in [9.17, 15) is 9.59 Å². The summed E-state index contributed by atoms with van der Waals surface area (Å²) in [5.74, 6) is -0.879. The molecule has 5 nitrogen and oxygen atoms in total. The van der Waals surface area contributed by atoms with Gasteiger partial charge in [0.15, 0.2) is 0 Å². The lowest BCUT2D eigenvalue weighted by Crippen LogP contribution is -2.50. The molecule has 0 spiro atoms. The van der Waals surface area contributed by atoms with Gasteiger partial charge in [0.05, 0.1) is 30.1 Å². The summed E-state index contributed by atoms with van der Waals surface area (Å²) in [7, 11) is 0. The van der Waals surface area contributed by atoms with E-state index >= 15 is 0 Å². The number of ether oxygens (including phenoxy) is 1. The first-order chi connectivity index (χ1) is 9.95. The minimum atomic E-state index is -0.449. The van der Waals surface area contributed by atoms with Gasteiger partial charge >= 0.3 is 5.91 Å². The number of anilines is 1. The monoisotopic (exact) mass is 352 g/mol. The second-order valence-corrected chi connectivity index (χ2v) is 6.57. The Morgan fingerprint density at radius 2 is 1.90 bits per heavy atom. The number of carbonyl (C=O) groups excluding carboxylic acids is 2. The van der Waals surface area contributed by atoms with Crippen molar-refractivity contribution in [2.45, 2.75) is 26.1 Å². The van der Waals surface area contributed by atoms with Crippen molar-refractivity contribution in [1.82, 2.24) is 4.90 Å². The molecular weight excluding hydrogens is 336 g/mol. The molecular formula is C15H17BrN2O3. The summed E-state index contributed by atoms with van der Waals surface area (Å²) in [4.78, 5) is 28.0. The largest absolute Gasteiger partial charge is 0.373 e. The van der Waals surface area contributed by atoms with Crippen LogP contribution in [0.4, 0.5) is 5.69 Å². The lowest BCUT2D eigenvalue weighted by Gasteiger charge is -2.37. The van der Waals surface area contributed by atoms with Gasteiger partial charge in [0, 0.05) is 17.6 Å². The van der Waals surface area contributed by atoms with Crippen LogP contribution in [0.3, 0.4) is 0 Å². The quantitative estimate of drug-likeness (QED) is 0.764. The van der Waals surface area contributed by atoms with Crippen LogP contribution in [0.2, 0.25) is 0 Å². The number of carbonyl (C=O) groups is 2. The molecule has 1 aromatic carbocycles. The fraction of sp³-hybridized carbons (Fsp3) is 0.467. The zero-order chi connectivity index (χ0) is 15.1. The molecule has 21 heavy (non-hydrogen) atoms. The van der Waals surface area contributed by atoms with E-state index in [-0.39, 0.29) is 12.2 Å². The molecule has 1 aromatic rings. The highest BCUT2D eigenvalue weighted by Gasteiger charge is 2.37. The molecule has 0 unspecified atom stereocenters. The number of fused-ring (bicyclic) bond motifs is 1. The zero-order valence-electron chi connectivity index (χ0n) is 12.0. The summed E-state index contributed by atoms with van der Waals surface area (Å²) in [5.41, 5.74) is 1.17. The van der Waals surface area contributed by atoms with Gasteiger partial charge in [0.2, 0.25) is 0 Å². The summed E-state index contributed by atoms with van der Waals surface area (Å²) in [5, 5.41) is 0. The van der Waals surface area contributed by atoms with Crippen LogP contribution in [0.1, 0.15) is 24.2 Å². The second-order valence-electron chi connectivity index (χ2n) is 5.66. The van der Waals surface area contributed by atoms with E-state index < -0.39 is 11.7 Å². The van der Waals surface area contributed by atoms with Gasteiger partial charge < -0.3 is 4.74 Å². The van der Waals surface area contributed by atoms with E-state index in [1.165, 1.54) is 0 Å². The summed E-state index contributed by atoms with van der Waals surface area (Å²) >= 11 is 3.34. The Labute approximate surface area is 132 Å². The van der Waals surface area contributed by atoms with E-state index in [0.717, 1.165) is 17.6 Å². The first-order valence-electron chi connectivity index (χ1n) is 6.99. The lowest BCUT2D eigenvalue weighted by atomic mass is 10.1. The number of ketones is 1. The van der Waals surface area contributed by atoms with Gasteiger partial charge in [-0.2, -0.15) is 0 Å². The number of morpholine rings is 1. The molecule has 6 heteroatoms. The highest BCUT2D eigenvalue weighted by atomic mass is 79.9. The first-order valence-corrected chi connectivity index (χ1v) is 7.78. The van der Waals surface area contributed by atoms with Gasteiger partial charge in [0.1, 0.15) is 0 Å². The molecule has 2 aliphatic rings. The van der Waals surface area contributed by atoms with E-state index in [0.29, 0.717) is 17.9 Å². The van der Waals surface area contributed by atoms with Gasteiger partial charge in [-0.3, -0.25) is 19.4 Å². The van der Waals surface area contributed by atoms with Gasteiger partial charge in [-0.25, -0.2) is 0 Å². The van der Waals surface area contributed by atoms with Gasteiger partial charge in [-0.15, -0.1) is 0 Å². The Hall–Kier alpha value is -1.24. The molecule has 0 saturated carbocycles. The molecule has 112 valence electrons. The minimum Gasteiger partial charge on any atom is -0.373 e. The van der Waals surface area contributed by atoms with Gasteiger partial charge in [0.25, 0.3) is 5.78 Å². The van der Waals surface area contributed by atoms with Crippen molar-refractivity contribution in [3.8, 4) is 0 Å². The molecule has 2 aliphatic heterocycles. The third-order valence-electron chi connectivity index (χ3n) is 3.77. The van der Waals surface area contributed by atoms with Crippen molar-refractivity contribution in [3.05, 3.63) is 28.2 Å². The molecule has 1 saturated heterocycles. The summed E-state index contributed by atoms with van der Waals surface area (Å²) in [6, 6.07) is 5.37. The second kappa shape index (κ2) is 5.51. The third-order valence-corrected chi connectivity index (χ3v) is 4.26. The Morgan fingerprint density at radius 3 is 2.57 bits per heavy atom. The van der Waals surface area contributed by atoms with E-state index in [1.54, 1.807) is 11.0 Å². The highest BCUT2D eigenvalue weighted by Crippen LogP contribution is 2.31. The fourth-order valence-corrected chi connectivity index (χ4v) is 3.37. The Morgan fingerprint density at radius 1 is 1.24 bits per heavy atom. The van der Waals surface area contributed by atoms with Crippen LogP contribution in [0.25, 0.3) is 0 Å². The molecule has 0 aromatic heterocycles. The highest BCUT2D eigenvalue weighted by molar-refractivity contribution is 9.10. The van der Waals surface area contributed by atoms with E-state index in [2.05, 4.69) is 20.8 Å². The average molecular weight is 353 g/mol. The first kappa shape index (κ1) is 14.7. The SMILES string of the molecule is C[C@H]1CN(CN2C(=O)C(=O)c3cc(Br)ccc32)C[C@H](C)O1. The van der Waals surface area contributed by atoms with Crippen molar-refractivity contribution in [3.63, 3.8) is 0 Å². The summed E-state index contributed by atoms with van der Waals surface area (Å²) in [6.07, 6.45) is 0.262. The van der Waals surface area contributed by atoms with Crippen molar-refractivity contribution < 1.29 is 14.3 Å². The molecule has 1 amide bonds. The van der Waals surface area contributed by atoms with Crippen LogP contribution in [-0.4, -0.2) is 48.6 Å². The maximum absolute atomic E-state index is 12.2. The van der Waals surface area contributed by atoms with Crippen molar-refractivity contribution in [2.75, 3.05) is 24.7 Å². The van der Waals surface area contributed by atoms with Crippen molar-refractivity contribution >= 4 is 33.3 Å². The molecule has 0 aliphatic carbocycles. The van der Waals surface area contributed by atoms with E-state index in [1.807, 2.05) is 26.0 Å². The molecule has 1 fully saturated rings. The van der Waals surface area contributed by atoms with E-state index in [4.69, 9.17) is 4.74 Å². The topological polar surface area (TPSA) is 49.9 Å². The van der Waals surface area contributed by atoms with Crippen LogP contribution in [0.5, 0.6) is 0 Å². The number of rotatable bonds is 2. The predicted octanol–water partition coefficient (Wildman–Crippen LogP) is 2.05. The molecule has 2 atom stereocenters. The van der Waals surface area contributed by atoms with Crippen molar-refractivity contribution in [1.29, 1.82) is 0 Å². The minimum absolute atomic E-state index is 0.131. The Balaban J connectivity index is 1.83. The number of halogens is 1. The predicted molar refractivity (Wildman–Crippen MR) is 82.4 cm³/mol. The fourth-order valence-electron chi connectivity index (χ4n) is 3.01. The lowest BCUT2D eigenvalue weighted by molar-refractivity contribution is -0.115. The number of hydrogen-bond donors (Lipinski definition) is 0. The number of Topliss-reactive ketones (excluding diaryl/α,β-unsaturated/α-hetero) is 1. The van der Waals surface area contributed by atoms with Crippen LogP contribution < -0.4 is 4.90 Å². The van der Waals surface area contributed by atoms with Crippen LogP contribution in [0.15, 0.2) is 22.7 Å². The molecule has 0 N–H and O–H groups in total. The Bertz CT molecular complexity index is 595. The molecule has 0 radical (unpaired) electrons. The van der Waals surface area contributed by atoms with Gasteiger partial charge in [-0.1, -0.05) is 15.9 Å². The van der Waals surface area contributed by atoms with Gasteiger partial charge in [-0.05, 0) is 32.0 Å². The average Bonchev–Trinajstić information content (AvgIpc) is 2.63. The number of amides is 1. The summed E-state index contributed by atoms with van der Waals surface area (Å²) in [6.45, 7) is 5.98. The normalized spacial score (nSPS) is 26.3. The molecule has 0 bridgehead atoms. The third kappa shape index (κ3) is 2.75. The number of hydrogen-bond acceptors (Lipinski definition) is 4. The Kier molecular flexibility index (Phi) is 3.86. The smallest absolute Gasteiger partial charge is 0.300 e. The molecule has 2 heterocycles. The summed E-state index contributed by atoms with van der Waals surface area (Å²) < 4.78 is 6.50. The van der Waals surface area contributed by atoms with Crippen molar-refractivity contribution in [2.24, 2.45) is 0 Å². The zero-order valence-corrected chi connectivity index (χ0v) is 13.6. The standard InChI is InChI=1S/C15H17BrN2O3/c1-9-6-17(7-10(2)21-9)8-18-13-4-3-11(16)5-12(13)14(19)15(18)20/h3-5,9-10H,6-8H2,1-2H3/t9-,10-/m0/s1. The maximum Gasteiger partial charge on any atom is 0.300 e. The maximum atomic E-state index is 12.2. The number of nitrogens with zero attached hydrogens (tertiary/aromatic N) is 2. The number of benzene rings is 1. The van der Waals surface area contributed by atoms with Crippen LogP contribution in [-0.2, 0) is 9.53 Å².